The van der Waals surface area contributed by atoms with Crippen LogP contribution in [0.25, 0.3) is 0 Å². The fourth-order valence-corrected chi connectivity index (χ4v) is 3.62. The molecule has 0 unspecified atom stereocenters. The van der Waals surface area contributed by atoms with Gasteiger partial charge in [0, 0.05) is 18.7 Å². The molecule has 0 aliphatic rings. The van der Waals surface area contributed by atoms with Crippen molar-refractivity contribution in [2.75, 3.05) is 17.7 Å². The van der Waals surface area contributed by atoms with Crippen LogP contribution in [0.3, 0.4) is 0 Å². The zero-order chi connectivity index (χ0) is 26.0. The maximum atomic E-state index is 13.2. The van der Waals surface area contributed by atoms with E-state index in [0.29, 0.717) is 41.8 Å². The zero-order valence-electron chi connectivity index (χ0n) is 20.7. The normalized spacial score (nSPS) is 10.3. The Labute approximate surface area is 216 Å². The first kappa shape index (κ1) is 25.3. The quantitative estimate of drug-likeness (QED) is 0.279. The van der Waals surface area contributed by atoms with Crippen molar-refractivity contribution >= 4 is 23.2 Å². The summed E-state index contributed by atoms with van der Waals surface area (Å²) in [4.78, 5) is 25.0. The van der Waals surface area contributed by atoms with Gasteiger partial charge in [0.2, 0.25) is 5.91 Å². The first-order valence-electron chi connectivity index (χ1n) is 11.8. The molecule has 4 aromatic carbocycles. The lowest BCUT2D eigenvalue weighted by molar-refractivity contribution is -0.114. The Morgan fingerprint density at radius 1 is 0.703 bits per heavy atom. The molecule has 0 atom stereocenters. The zero-order valence-corrected chi connectivity index (χ0v) is 20.7. The topological polar surface area (TPSA) is 85.9 Å². The molecular formula is C30H28N2O5. The van der Waals surface area contributed by atoms with Crippen LogP contribution in [0.4, 0.5) is 11.4 Å². The smallest absolute Gasteiger partial charge is 0.257 e. The maximum absolute atomic E-state index is 13.2. The molecule has 0 radical (unpaired) electrons. The second-order valence-electron chi connectivity index (χ2n) is 8.26. The molecule has 0 saturated heterocycles. The second-order valence-corrected chi connectivity index (χ2v) is 8.26. The van der Waals surface area contributed by atoms with E-state index in [1.54, 1.807) is 36.4 Å². The van der Waals surface area contributed by atoms with E-state index in [4.69, 9.17) is 14.2 Å². The lowest BCUT2D eigenvalue weighted by Crippen LogP contribution is -2.17. The standard InChI is InChI=1S/C30H28N2O5/c1-21(33)31-27-18-29(37-20-23-11-7-4-8-12-23)28(35-2)17-26(27)30(34)32-24-13-15-25(16-14-24)36-19-22-9-5-3-6-10-22/h3-18H,19-20H2,1-2H3,(H,31,33)(H,32,34). The summed E-state index contributed by atoms with van der Waals surface area (Å²) in [6.07, 6.45) is 0. The number of anilines is 2. The van der Waals surface area contributed by atoms with E-state index in [1.807, 2.05) is 60.7 Å². The highest BCUT2D eigenvalue weighted by molar-refractivity contribution is 6.10. The van der Waals surface area contributed by atoms with Gasteiger partial charge in [-0.05, 0) is 41.5 Å². The van der Waals surface area contributed by atoms with Gasteiger partial charge < -0.3 is 24.8 Å². The molecule has 0 fully saturated rings. The third-order valence-electron chi connectivity index (χ3n) is 5.46. The number of benzene rings is 4. The first-order chi connectivity index (χ1) is 18.0. The predicted octanol–water partition coefficient (Wildman–Crippen LogP) is 6.06. The number of rotatable bonds is 10. The third-order valence-corrected chi connectivity index (χ3v) is 5.46. The number of nitrogens with one attached hydrogen (secondary N) is 2. The van der Waals surface area contributed by atoms with Gasteiger partial charge in [-0.2, -0.15) is 0 Å². The van der Waals surface area contributed by atoms with Gasteiger partial charge in [-0.3, -0.25) is 9.59 Å². The predicted molar refractivity (Wildman–Crippen MR) is 143 cm³/mol. The Morgan fingerprint density at radius 2 is 1.30 bits per heavy atom. The minimum Gasteiger partial charge on any atom is -0.493 e. The minimum absolute atomic E-state index is 0.239. The summed E-state index contributed by atoms with van der Waals surface area (Å²) in [6.45, 7) is 2.14. The summed E-state index contributed by atoms with van der Waals surface area (Å²) < 4.78 is 17.2. The molecular weight excluding hydrogens is 468 g/mol. The molecule has 2 amide bonds. The van der Waals surface area contributed by atoms with Crippen LogP contribution in [0.2, 0.25) is 0 Å². The highest BCUT2D eigenvalue weighted by Crippen LogP contribution is 2.35. The summed E-state index contributed by atoms with van der Waals surface area (Å²) in [5.74, 6) is 0.747. The molecule has 0 aliphatic heterocycles. The van der Waals surface area contributed by atoms with Gasteiger partial charge in [0.1, 0.15) is 19.0 Å². The molecule has 188 valence electrons. The second kappa shape index (κ2) is 12.3. The van der Waals surface area contributed by atoms with Crippen LogP contribution in [0.15, 0.2) is 97.1 Å². The van der Waals surface area contributed by atoms with Gasteiger partial charge in [-0.15, -0.1) is 0 Å². The summed E-state index contributed by atoms with van der Waals surface area (Å²) in [5.41, 5.74) is 3.17. The van der Waals surface area contributed by atoms with E-state index >= 15 is 0 Å². The van der Waals surface area contributed by atoms with E-state index in [1.165, 1.54) is 14.0 Å². The van der Waals surface area contributed by atoms with Gasteiger partial charge in [0.25, 0.3) is 5.91 Å². The number of amides is 2. The highest BCUT2D eigenvalue weighted by Gasteiger charge is 2.19. The minimum atomic E-state index is -0.408. The van der Waals surface area contributed by atoms with Crippen LogP contribution in [-0.2, 0) is 18.0 Å². The average molecular weight is 497 g/mol. The van der Waals surface area contributed by atoms with Crippen LogP contribution in [-0.4, -0.2) is 18.9 Å². The van der Waals surface area contributed by atoms with Crippen molar-refractivity contribution in [2.24, 2.45) is 0 Å². The number of hydrogen-bond donors (Lipinski definition) is 2. The Bertz CT molecular complexity index is 1340. The summed E-state index contributed by atoms with van der Waals surface area (Å²) in [5, 5.41) is 5.58. The summed E-state index contributed by atoms with van der Waals surface area (Å²) in [7, 11) is 1.50. The Kier molecular flexibility index (Phi) is 8.39. The van der Waals surface area contributed by atoms with E-state index in [-0.39, 0.29) is 11.5 Å². The SMILES string of the molecule is COc1cc(C(=O)Nc2ccc(OCc3ccccc3)cc2)c(NC(C)=O)cc1OCc1ccccc1. The fourth-order valence-electron chi connectivity index (χ4n) is 3.62. The molecule has 4 rings (SSSR count). The van der Waals surface area contributed by atoms with Crippen molar-refractivity contribution < 1.29 is 23.8 Å². The van der Waals surface area contributed by atoms with Crippen molar-refractivity contribution in [1.82, 2.24) is 0 Å². The molecule has 4 aromatic rings. The molecule has 0 heterocycles. The van der Waals surface area contributed by atoms with Gasteiger partial charge in [-0.25, -0.2) is 0 Å². The molecule has 0 aromatic heterocycles. The van der Waals surface area contributed by atoms with Crippen molar-refractivity contribution in [3.05, 3.63) is 114 Å². The number of carbonyl (C=O) groups is 2. The van der Waals surface area contributed by atoms with Crippen LogP contribution in [0.1, 0.15) is 28.4 Å². The van der Waals surface area contributed by atoms with Crippen LogP contribution >= 0.6 is 0 Å². The lowest BCUT2D eigenvalue weighted by Gasteiger charge is -2.17. The fraction of sp³-hybridized carbons (Fsp3) is 0.133. The summed E-state index contributed by atoms with van der Waals surface area (Å²) >= 11 is 0. The molecule has 0 aliphatic carbocycles. The van der Waals surface area contributed by atoms with Gasteiger partial charge in [0.15, 0.2) is 11.5 Å². The average Bonchev–Trinajstić information content (AvgIpc) is 2.92. The molecule has 7 heteroatoms. The van der Waals surface area contributed by atoms with Crippen molar-refractivity contribution in [1.29, 1.82) is 0 Å². The first-order valence-corrected chi connectivity index (χ1v) is 11.8. The number of methoxy groups -OCH3 is 1. The van der Waals surface area contributed by atoms with Crippen LogP contribution in [0, 0.1) is 0 Å². The van der Waals surface area contributed by atoms with Crippen LogP contribution in [0.5, 0.6) is 17.2 Å². The molecule has 37 heavy (non-hydrogen) atoms. The Hall–Kier alpha value is -4.78. The lowest BCUT2D eigenvalue weighted by atomic mass is 10.1. The largest absolute Gasteiger partial charge is 0.493 e. The third kappa shape index (κ3) is 7.11. The monoisotopic (exact) mass is 496 g/mol. The van der Waals surface area contributed by atoms with Gasteiger partial charge in [-0.1, -0.05) is 60.7 Å². The van der Waals surface area contributed by atoms with Crippen molar-refractivity contribution in [3.8, 4) is 17.2 Å². The summed E-state index contributed by atoms with van der Waals surface area (Å²) in [6, 6.07) is 29.8. The molecule has 2 N–H and O–H groups in total. The number of carbonyl (C=O) groups excluding carboxylic acids is 2. The number of ether oxygens (including phenoxy) is 3. The molecule has 0 bridgehead atoms. The van der Waals surface area contributed by atoms with E-state index in [9.17, 15) is 9.59 Å². The van der Waals surface area contributed by atoms with Gasteiger partial charge in [0.05, 0.1) is 18.4 Å². The van der Waals surface area contributed by atoms with Crippen LogP contribution < -0.4 is 24.8 Å². The Balaban J connectivity index is 1.48. The van der Waals surface area contributed by atoms with Crippen molar-refractivity contribution in [2.45, 2.75) is 20.1 Å². The van der Waals surface area contributed by atoms with Gasteiger partial charge >= 0.3 is 0 Å². The van der Waals surface area contributed by atoms with E-state index < -0.39 is 5.91 Å². The van der Waals surface area contributed by atoms with E-state index in [0.717, 1.165) is 11.1 Å². The van der Waals surface area contributed by atoms with Crippen molar-refractivity contribution in [3.63, 3.8) is 0 Å². The van der Waals surface area contributed by atoms with E-state index in [2.05, 4.69) is 10.6 Å². The number of hydrogen-bond acceptors (Lipinski definition) is 5. The molecule has 0 saturated carbocycles. The maximum Gasteiger partial charge on any atom is 0.257 e. The highest BCUT2D eigenvalue weighted by atomic mass is 16.5. The molecule has 0 spiro atoms. The molecule has 7 nitrogen and oxygen atoms in total. The Morgan fingerprint density at radius 3 is 1.86 bits per heavy atom.